The van der Waals surface area contributed by atoms with Gasteiger partial charge in [-0.3, -0.25) is 9.59 Å². The van der Waals surface area contributed by atoms with Gasteiger partial charge >= 0.3 is 5.97 Å². The van der Waals surface area contributed by atoms with Crippen molar-refractivity contribution in [3.63, 3.8) is 0 Å². The number of carbonyl (C=O) groups is 2. The molecule has 1 heterocycles. The summed E-state index contributed by atoms with van der Waals surface area (Å²) in [4.78, 5) is 29.2. The van der Waals surface area contributed by atoms with Crippen LogP contribution in [0, 0.1) is 6.92 Å². The number of benzene rings is 1. The number of H-pyrrole nitrogens is 1. The molecule has 2 N–H and O–H groups in total. The number of carboxylic acids is 1. The van der Waals surface area contributed by atoms with Crippen LogP contribution in [0.25, 0.3) is 11.4 Å². The lowest BCUT2D eigenvalue weighted by atomic mass is 10.1. The van der Waals surface area contributed by atoms with Gasteiger partial charge in [-0.1, -0.05) is 24.3 Å². The molecule has 98 valence electrons. The van der Waals surface area contributed by atoms with Crippen LogP contribution in [-0.2, 0) is 11.2 Å². The summed E-state index contributed by atoms with van der Waals surface area (Å²) in [5, 5.41) is 8.78. The van der Waals surface area contributed by atoms with Crippen LogP contribution < -0.4 is 0 Å². The van der Waals surface area contributed by atoms with Gasteiger partial charge in [0.15, 0.2) is 5.78 Å². The van der Waals surface area contributed by atoms with Crippen molar-refractivity contribution in [2.24, 2.45) is 0 Å². The van der Waals surface area contributed by atoms with Gasteiger partial charge in [0.2, 0.25) is 0 Å². The normalized spacial score (nSPS) is 10.4. The first-order valence-electron chi connectivity index (χ1n) is 5.86. The largest absolute Gasteiger partial charge is 0.481 e. The minimum atomic E-state index is -0.909. The van der Waals surface area contributed by atoms with Gasteiger partial charge in [0.05, 0.1) is 12.1 Å². The van der Waals surface area contributed by atoms with E-state index in [4.69, 9.17) is 5.11 Å². The fourth-order valence-corrected chi connectivity index (χ4v) is 1.81. The Labute approximate surface area is 110 Å². The highest BCUT2D eigenvalue weighted by atomic mass is 16.4. The number of Topliss-reactive ketones (excluding diaryl/α,β-unsaturated/α-hetero) is 1. The highest BCUT2D eigenvalue weighted by molar-refractivity contribution is 5.94. The van der Waals surface area contributed by atoms with Gasteiger partial charge in [0.1, 0.15) is 5.82 Å². The molecule has 19 heavy (non-hydrogen) atoms. The topological polar surface area (TPSA) is 83.1 Å². The number of imidazole rings is 1. The van der Waals surface area contributed by atoms with E-state index in [1.54, 1.807) is 31.2 Å². The van der Waals surface area contributed by atoms with Crippen molar-refractivity contribution in [2.45, 2.75) is 20.3 Å². The van der Waals surface area contributed by atoms with Crippen molar-refractivity contribution in [2.75, 3.05) is 0 Å². The fraction of sp³-hybridized carbons (Fsp3) is 0.214. The average Bonchev–Trinajstić information content (AvgIpc) is 2.70. The van der Waals surface area contributed by atoms with Gasteiger partial charge in [-0.2, -0.15) is 0 Å². The number of hydrogen-bond donors (Lipinski definition) is 2. The van der Waals surface area contributed by atoms with E-state index in [0.29, 0.717) is 17.1 Å². The highest BCUT2D eigenvalue weighted by Crippen LogP contribution is 2.19. The van der Waals surface area contributed by atoms with E-state index in [1.165, 1.54) is 6.92 Å². The average molecular weight is 258 g/mol. The van der Waals surface area contributed by atoms with Gasteiger partial charge in [-0.25, -0.2) is 4.98 Å². The molecule has 0 bridgehead atoms. The SMILES string of the molecule is CC(=O)c1ccc(-c2nc(CC(=O)O)c(C)[nH]2)cc1. The summed E-state index contributed by atoms with van der Waals surface area (Å²) in [7, 11) is 0. The molecule has 1 aromatic carbocycles. The van der Waals surface area contributed by atoms with Crippen LogP contribution in [0.2, 0.25) is 0 Å². The Kier molecular flexibility index (Phi) is 3.46. The molecule has 0 saturated heterocycles. The second-order valence-corrected chi connectivity index (χ2v) is 4.36. The van der Waals surface area contributed by atoms with Crippen LogP contribution in [0.4, 0.5) is 0 Å². The number of carbonyl (C=O) groups excluding carboxylic acids is 1. The number of hydrogen-bond acceptors (Lipinski definition) is 3. The van der Waals surface area contributed by atoms with Crippen LogP contribution >= 0.6 is 0 Å². The van der Waals surface area contributed by atoms with Crippen LogP contribution in [0.1, 0.15) is 28.7 Å². The van der Waals surface area contributed by atoms with Crippen molar-refractivity contribution >= 4 is 11.8 Å². The van der Waals surface area contributed by atoms with Gasteiger partial charge in [-0.05, 0) is 13.8 Å². The third kappa shape index (κ3) is 2.88. The number of rotatable bonds is 4. The molecule has 0 aliphatic rings. The number of nitrogens with zero attached hydrogens (tertiary/aromatic N) is 1. The van der Waals surface area contributed by atoms with Crippen LogP contribution in [0.5, 0.6) is 0 Å². The monoisotopic (exact) mass is 258 g/mol. The number of aromatic amines is 1. The maximum absolute atomic E-state index is 11.2. The van der Waals surface area contributed by atoms with E-state index in [9.17, 15) is 9.59 Å². The molecule has 0 saturated carbocycles. The Hall–Kier alpha value is -2.43. The summed E-state index contributed by atoms with van der Waals surface area (Å²) in [6, 6.07) is 7.04. The Morgan fingerprint density at radius 3 is 2.42 bits per heavy atom. The quantitative estimate of drug-likeness (QED) is 0.823. The first kappa shape index (κ1) is 13.0. The van der Waals surface area contributed by atoms with Crippen molar-refractivity contribution in [3.05, 3.63) is 41.2 Å². The van der Waals surface area contributed by atoms with E-state index in [2.05, 4.69) is 9.97 Å². The lowest BCUT2D eigenvalue weighted by Gasteiger charge is -1.98. The number of ketones is 1. The highest BCUT2D eigenvalue weighted by Gasteiger charge is 2.11. The summed E-state index contributed by atoms with van der Waals surface area (Å²) >= 11 is 0. The van der Waals surface area contributed by atoms with E-state index < -0.39 is 5.97 Å². The van der Waals surface area contributed by atoms with E-state index >= 15 is 0 Å². The molecule has 5 heteroatoms. The van der Waals surface area contributed by atoms with E-state index in [-0.39, 0.29) is 12.2 Å². The standard InChI is InChI=1S/C14H14N2O3/c1-8-12(7-13(18)19)16-14(15-8)11-5-3-10(4-6-11)9(2)17/h3-6H,7H2,1-2H3,(H,15,16)(H,18,19). The Morgan fingerprint density at radius 1 is 1.26 bits per heavy atom. The summed E-state index contributed by atoms with van der Waals surface area (Å²) < 4.78 is 0. The molecule has 5 nitrogen and oxygen atoms in total. The fourth-order valence-electron chi connectivity index (χ4n) is 1.81. The third-order valence-corrected chi connectivity index (χ3v) is 2.87. The number of aromatic nitrogens is 2. The first-order chi connectivity index (χ1) is 8.97. The van der Waals surface area contributed by atoms with E-state index in [0.717, 1.165) is 11.3 Å². The summed E-state index contributed by atoms with van der Waals surface area (Å²) in [5.41, 5.74) is 2.73. The Bertz CT molecular complexity index is 627. The molecule has 0 aliphatic heterocycles. The minimum absolute atomic E-state index is 0.00809. The van der Waals surface area contributed by atoms with E-state index in [1.807, 2.05) is 0 Å². The van der Waals surface area contributed by atoms with Crippen LogP contribution in [-0.4, -0.2) is 26.8 Å². The summed E-state index contributed by atoms with van der Waals surface area (Å²) in [5.74, 6) is -0.286. The predicted molar refractivity (Wildman–Crippen MR) is 70.1 cm³/mol. The smallest absolute Gasteiger partial charge is 0.309 e. The molecule has 2 aromatic rings. The maximum atomic E-state index is 11.2. The Balaban J connectivity index is 2.31. The zero-order chi connectivity index (χ0) is 14.0. The molecule has 2 rings (SSSR count). The van der Waals surface area contributed by atoms with Crippen molar-refractivity contribution in [1.29, 1.82) is 0 Å². The molecule has 0 atom stereocenters. The van der Waals surface area contributed by atoms with Gasteiger partial charge < -0.3 is 10.1 Å². The van der Waals surface area contributed by atoms with Gasteiger partial charge in [-0.15, -0.1) is 0 Å². The second-order valence-electron chi connectivity index (χ2n) is 4.36. The summed E-state index contributed by atoms with van der Waals surface area (Å²) in [6.45, 7) is 3.30. The molecule has 1 aromatic heterocycles. The van der Waals surface area contributed by atoms with Crippen molar-refractivity contribution in [3.8, 4) is 11.4 Å². The second kappa shape index (κ2) is 5.06. The van der Waals surface area contributed by atoms with Crippen LogP contribution in [0.15, 0.2) is 24.3 Å². The van der Waals surface area contributed by atoms with Crippen molar-refractivity contribution < 1.29 is 14.7 Å². The van der Waals surface area contributed by atoms with Crippen molar-refractivity contribution in [1.82, 2.24) is 9.97 Å². The lowest BCUT2D eigenvalue weighted by molar-refractivity contribution is -0.136. The zero-order valence-electron chi connectivity index (χ0n) is 10.7. The third-order valence-electron chi connectivity index (χ3n) is 2.87. The molecular weight excluding hydrogens is 244 g/mol. The van der Waals surface area contributed by atoms with Gasteiger partial charge in [0, 0.05) is 16.8 Å². The molecule has 0 unspecified atom stereocenters. The predicted octanol–water partition coefficient (Wildman–Crippen LogP) is 2.21. The number of carboxylic acid groups (broad SMARTS) is 1. The molecule has 0 radical (unpaired) electrons. The minimum Gasteiger partial charge on any atom is -0.481 e. The van der Waals surface area contributed by atoms with Crippen LogP contribution in [0.3, 0.4) is 0 Å². The Morgan fingerprint density at radius 2 is 1.89 bits per heavy atom. The first-order valence-corrected chi connectivity index (χ1v) is 5.86. The van der Waals surface area contributed by atoms with Gasteiger partial charge in [0.25, 0.3) is 0 Å². The summed E-state index contributed by atoms with van der Waals surface area (Å²) in [6.07, 6.45) is -0.103. The molecule has 0 amide bonds. The number of aliphatic carboxylic acids is 1. The molecule has 0 spiro atoms. The lowest BCUT2D eigenvalue weighted by Crippen LogP contribution is -2.01. The molecular formula is C14H14N2O3. The zero-order valence-corrected chi connectivity index (χ0v) is 10.7. The number of aryl methyl sites for hydroxylation is 1. The number of nitrogens with one attached hydrogen (secondary N) is 1. The maximum Gasteiger partial charge on any atom is 0.309 e. The molecule has 0 fully saturated rings. The molecule has 0 aliphatic carbocycles.